The molecule has 1 spiro atoms. The van der Waals surface area contributed by atoms with Gasteiger partial charge in [-0.2, -0.15) is 0 Å². The lowest BCUT2D eigenvalue weighted by atomic mass is 9.71. The zero-order valence-corrected chi connectivity index (χ0v) is 12.3. The molecule has 0 radical (unpaired) electrons. The summed E-state index contributed by atoms with van der Waals surface area (Å²) in [5, 5.41) is 0.626. The lowest BCUT2D eigenvalue weighted by Gasteiger charge is -2.64. The molecule has 1 amide bonds. The van der Waals surface area contributed by atoms with Crippen molar-refractivity contribution in [3.05, 3.63) is 0 Å². The zero-order valence-electron chi connectivity index (χ0n) is 10.6. The van der Waals surface area contributed by atoms with E-state index < -0.39 is 4.87 Å². The first-order valence-corrected chi connectivity index (χ1v) is 6.58. The van der Waals surface area contributed by atoms with Crippen LogP contribution in [0.5, 0.6) is 0 Å². The van der Waals surface area contributed by atoms with Gasteiger partial charge >= 0.3 is 0 Å². The second kappa shape index (κ2) is 2.93. The Bertz CT molecular complexity index is 391. The van der Waals surface area contributed by atoms with Gasteiger partial charge in [-0.05, 0) is 26.1 Å². The molecule has 2 saturated heterocycles. The predicted octanol–water partition coefficient (Wildman–Crippen LogP) is 1.92. The van der Waals surface area contributed by atoms with Gasteiger partial charge in [0.1, 0.15) is 0 Å². The van der Waals surface area contributed by atoms with Crippen LogP contribution in [-0.2, 0) is 4.79 Å². The highest BCUT2D eigenvalue weighted by atomic mass is 32.2. The molecule has 0 saturated carbocycles. The van der Waals surface area contributed by atoms with E-state index in [9.17, 15) is 4.79 Å². The number of hydrogen-bond acceptors (Lipinski definition) is 3. The Balaban J connectivity index is 2.51. The number of thioether (sulfide) groups is 1. The van der Waals surface area contributed by atoms with Crippen molar-refractivity contribution in [2.75, 3.05) is 14.1 Å². The molecular weight excluding hydrogens is 240 g/mol. The van der Waals surface area contributed by atoms with E-state index >= 15 is 0 Å². The van der Waals surface area contributed by atoms with Gasteiger partial charge in [0.05, 0.1) is 0 Å². The molecule has 90 valence electrons. The Morgan fingerprint density at radius 1 is 1.19 bits per heavy atom. The van der Waals surface area contributed by atoms with Crippen LogP contribution in [-0.4, -0.2) is 44.5 Å². The van der Waals surface area contributed by atoms with E-state index in [0.29, 0.717) is 5.11 Å². The number of thiocarbonyl (C=S) groups is 1. The number of likely N-dealkylation sites (N-methyl/N-ethyl adjacent to an activating group) is 2. The van der Waals surface area contributed by atoms with Crippen LogP contribution in [0.2, 0.25) is 0 Å². The van der Waals surface area contributed by atoms with Gasteiger partial charge < -0.3 is 4.90 Å². The van der Waals surface area contributed by atoms with Crippen LogP contribution in [0.1, 0.15) is 27.7 Å². The van der Waals surface area contributed by atoms with Gasteiger partial charge in [-0.3, -0.25) is 9.69 Å². The number of hydrogen-bond donors (Lipinski definition) is 0. The van der Waals surface area contributed by atoms with Gasteiger partial charge in [0, 0.05) is 24.3 Å². The SMILES string of the molecule is CN1C(=O)C2(SC(C)(C)C2(C)C)N(C)C1=S. The molecule has 3 nitrogen and oxygen atoms in total. The zero-order chi connectivity index (χ0) is 12.5. The monoisotopic (exact) mass is 258 g/mol. The normalized spacial score (nSPS) is 35.9. The van der Waals surface area contributed by atoms with Crippen LogP contribution in [0.25, 0.3) is 0 Å². The molecule has 2 fully saturated rings. The molecule has 0 aromatic rings. The molecule has 2 aliphatic rings. The lowest BCUT2D eigenvalue weighted by Crippen LogP contribution is -2.72. The van der Waals surface area contributed by atoms with Crippen LogP contribution in [0.3, 0.4) is 0 Å². The fourth-order valence-corrected chi connectivity index (χ4v) is 4.83. The summed E-state index contributed by atoms with van der Waals surface area (Å²) in [4.78, 5) is 15.5. The minimum atomic E-state index is -0.498. The quantitative estimate of drug-likeness (QED) is 0.619. The predicted molar refractivity (Wildman–Crippen MR) is 71.3 cm³/mol. The molecule has 0 aliphatic carbocycles. The maximum absolute atomic E-state index is 12.4. The van der Waals surface area contributed by atoms with E-state index in [1.807, 2.05) is 11.9 Å². The Labute approximate surface area is 107 Å². The molecule has 0 aromatic heterocycles. The molecule has 5 heteroatoms. The van der Waals surface area contributed by atoms with E-state index in [1.54, 1.807) is 23.7 Å². The first kappa shape index (κ1) is 12.2. The minimum absolute atomic E-state index is 0.0919. The Morgan fingerprint density at radius 3 is 1.94 bits per heavy atom. The number of carbonyl (C=O) groups excluding carboxylic acids is 1. The molecule has 2 aliphatic heterocycles. The number of rotatable bonds is 0. The Morgan fingerprint density at radius 2 is 1.69 bits per heavy atom. The highest BCUT2D eigenvalue weighted by Gasteiger charge is 2.75. The van der Waals surface area contributed by atoms with E-state index in [0.717, 1.165) is 0 Å². The van der Waals surface area contributed by atoms with Crippen molar-refractivity contribution in [1.29, 1.82) is 0 Å². The minimum Gasteiger partial charge on any atom is -0.328 e. The van der Waals surface area contributed by atoms with Gasteiger partial charge in [0.15, 0.2) is 9.98 Å². The van der Waals surface area contributed by atoms with E-state index in [4.69, 9.17) is 12.2 Å². The molecule has 1 atom stereocenters. The second-order valence-corrected chi connectivity index (χ2v) is 7.77. The fourth-order valence-electron chi connectivity index (χ4n) is 2.60. The average Bonchev–Trinajstić information content (AvgIpc) is 2.34. The van der Waals surface area contributed by atoms with Crippen molar-refractivity contribution < 1.29 is 4.79 Å². The van der Waals surface area contributed by atoms with E-state index in [1.165, 1.54) is 0 Å². The van der Waals surface area contributed by atoms with E-state index in [-0.39, 0.29) is 16.1 Å². The standard InChI is InChI=1S/C11H18N2OS2/c1-9(2)10(3,4)16-11(9)7(14)12(5)8(15)13(11)6/h1-6H3. The van der Waals surface area contributed by atoms with Crippen LogP contribution in [0.15, 0.2) is 0 Å². The summed E-state index contributed by atoms with van der Waals surface area (Å²) in [6.07, 6.45) is 0. The molecule has 2 rings (SSSR count). The van der Waals surface area contributed by atoms with Crippen molar-refractivity contribution in [3.8, 4) is 0 Å². The van der Waals surface area contributed by atoms with E-state index in [2.05, 4.69) is 27.7 Å². The molecule has 0 N–H and O–H groups in total. The lowest BCUT2D eigenvalue weighted by molar-refractivity contribution is -0.134. The van der Waals surface area contributed by atoms with Crippen molar-refractivity contribution >= 4 is 35.0 Å². The summed E-state index contributed by atoms with van der Waals surface area (Å²) in [6.45, 7) is 8.68. The van der Waals surface area contributed by atoms with Gasteiger partial charge in [0.25, 0.3) is 5.91 Å². The largest absolute Gasteiger partial charge is 0.328 e. The number of carbonyl (C=O) groups is 1. The topological polar surface area (TPSA) is 23.6 Å². The first-order chi connectivity index (χ1) is 7.09. The molecule has 16 heavy (non-hydrogen) atoms. The molecule has 0 aromatic carbocycles. The first-order valence-electron chi connectivity index (χ1n) is 5.36. The third-order valence-corrected chi connectivity index (χ3v) is 7.22. The maximum atomic E-state index is 12.4. The van der Waals surface area contributed by atoms with Crippen molar-refractivity contribution in [2.45, 2.75) is 37.3 Å². The van der Waals surface area contributed by atoms with Crippen molar-refractivity contribution in [3.63, 3.8) is 0 Å². The summed E-state index contributed by atoms with van der Waals surface area (Å²) in [6, 6.07) is 0. The number of amides is 1. The van der Waals surface area contributed by atoms with Gasteiger partial charge in [-0.15, -0.1) is 11.8 Å². The van der Waals surface area contributed by atoms with Crippen LogP contribution in [0.4, 0.5) is 0 Å². The summed E-state index contributed by atoms with van der Waals surface area (Å²) >= 11 is 7.00. The third kappa shape index (κ3) is 0.973. The molecule has 2 heterocycles. The molecule has 0 bridgehead atoms. The highest BCUT2D eigenvalue weighted by Crippen LogP contribution is 2.70. The van der Waals surface area contributed by atoms with Gasteiger partial charge in [0.2, 0.25) is 0 Å². The van der Waals surface area contributed by atoms with Crippen LogP contribution in [0, 0.1) is 5.41 Å². The van der Waals surface area contributed by atoms with Crippen LogP contribution >= 0.6 is 24.0 Å². The average molecular weight is 258 g/mol. The maximum Gasteiger partial charge on any atom is 0.265 e. The molecule has 1 unspecified atom stereocenters. The summed E-state index contributed by atoms with van der Waals surface area (Å²) in [7, 11) is 3.69. The Hall–Kier alpha value is -0.290. The summed E-state index contributed by atoms with van der Waals surface area (Å²) in [5.74, 6) is 0.120. The third-order valence-electron chi connectivity index (χ3n) is 4.40. The molecular formula is C11H18N2OS2. The van der Waals surface area contributed by atoms with Crippen LogP contribution < -0.4 is 0 Å². The van der Waals surface area contributed by atoms with Gasteiger partial charge in [-0.1, -0.05) is 13.8 Å². The van der Waals surface area contributed by atoms with Crippen molar-refractivity contribution in [1.82, 2.24) is 9.80 Å². The summed E-state index contributed by atoms with van der Waals surface area (Å²) in [5.41, 5.74) is -0.0919. The van der Waals surface area contributed by atoms with Crippen molar-refractivity contribution in [2.24, 2.45) is 5.41 Å². The fraction of sp³-hybridized carbons (Fsp3) is 0.818. The summed E-state index contributed by atoms with van der Waals surface area (Å²) < 4.78 is 0.0950. The number of nitrogens with zero attached hydrogens (tertiary/aromatic N) is 2. The highest BCUT2D eigenvalue weighted by molar-refractivity contribution is 8.04. The Kier molecular flexibility index (Phi) is 2.23. The smallest absolute Gasteiger partial charge is 0.265 e. The second-order valence-electron chi connectivity index (χ2n) is 5.59. The van der Waals surface area contributed by atoms with Gasteiger partial charge in [-0.25, -0.2) is 0 Å².